The SMILES string of the molecule is Cc1ccccc1OCC(=O)NC(C)(C)C(C)(C)c1nnc2c(Cl)c(C)[nH]n12. The van der Waals surface area contributed by atoms with Crippen molar-refractivity contribution in [1.29, 1.82) is 0 Å². The number of halogens is 1. The molecule has 3 rings (SSSR count). The number of rotatable bonds is 6. The standard InChI is InChI=1S/C20H26ClN5O2/c1-12-9-7-8-10-14(12)28-11-15(27)22-20(5,6)19(3,4)18-24-23-17-16(21)13(2)25-26(17)18/h7-10,25H,11H2,1-6H3,(H,22,27). The molecule has 0 aliphatic heterocycles. The minimum absolute atomic E-state index is 0.0625. The molecular weight excluding hydrogens is 378 g/mol. The van der Waals surface area contributed by atoms with Crippen molar-refractivity contribution < 1.29 is 9.53 Å². The van der Waals surface area contributed by atoms with Crippen LogP contribution in [0.5, 0.6) is 5.75 Å². The number of nitrogens with one attached hydrogen (secondary N) is 2. The van der Waals surface area contributed by atoms with Gasteiger partial charge in [-0.3, -0.25) is 9.89 Å². The minimum atomic E-state index is -0.631. The van der Waals surface area contributed by atoms with E-state index in [0.717, 1.165) is 11.3 Å². The first kappa shape index (κ1) is 20.2. The van der Waals surface area contributed by atoms with Gasteiger partial charge in [0.2, 0.25) is 0 Å². The van der Waals surface area contributed by atoms with Gasteiger partial charge in [-0.05, 0) is 39.3 Å². The lowest BCUT2D eigenvalue weighted by Crippen LogP contribution is -2.57. The van der Waals surface area contributed by atoms with E-state index in [1.807, 2.05) is 65.8 Å². The number of para-hydroxylation sites is 1. The van der Waals surface area contributed by atoms with Gasteiger partial charge in [-0.2, -0.15) is 0 Å². The second-order valence-electron chi connectivity index (χ2n) is 8.09. The van der Waals surface area contributed by atoms with Crippen molar-refractivity contribution >= 4 is 23.2 Å². The van der Waals surface area contributed by atoms with Crippen LogP contribution in [0.3, 0.4) is 0 Å². The summed E-state index contributed by atoms with van der Waals surface area (Å²) in [6.45, 7) is 11.7. The van der Waals surface area contributed by atoms with Gasteiger partial charge in [0.25, 0.3) is 5.91 Å². The summed E-state index contributed by atoms with van der Waals surface area (Å²) in [4.78, 5) is 12.6. The fraction of sp³-hybridized carbons (Fsp3) is 0.450. The molecule has 0 bridgehead atoms. The number of aromatic amines is 1. The highest BCUT2D eigenvalue weighted by atomic mass is 35.5. The summed E-state index contributed by atoms with van der Waals surface area (Å²) >= 11 is 6.27. The summed E-state index contributed by atoms with van der Waals surface area (Å²) in [6.07, 6.45) is 0. The summed E-state index contributed by atoms with van der Waals surface area (Å²) in [5.74, 6) is 1.18. The first-order chi connectivity index (χ1) is 13.0. The largest absolute Gasteiger partial charge is 0.484 e. The van der Waals surface area contributed by atoms with Crippen LogP contribution in [0.4, 0.5) is 0 Å². The van der Waals surface area contributed by atoms with Gasteiger partial charge in [0.05, 0.1) is 5.69 Å². The zero-order chi connectivity index (χ0) is 20.7. The van der Waals surface area contributed by atoms with Crippen LogP contribution in [-0.2, 0) is 10.2 Å². The molecule has 7 nitrogen and oxygen atoms in total. The Morgan fingerprint density at radius 1 is 1.21 bits per heavy atom. The maximum Gasteiger partial charge on any atom is 0.258 e. The quantitative estimate of drug-likeness (QED) is 0.658. The van der Waals surface area contributed by atoms with Crippen molar-refractivity contribution in [3.8, 4) is 5.75 Å². The van der Waals surface area contributed by atoms with Gasteiger partial charge < -0.3 is 10.1 Å². The number of H-pyrrole nitrogens is 1. The molecule has 0 aliphatic rings. The zero-order valence-electron chi connectivity index (χ0n) is 17.1. The Morgan fingerprint density at radius 3 is 2.57 bits per heavy atom. The molecular formula is C20H26ClN5O2. The number of hydrogen-bond acceptors (Lipinski definition) is 4. The molecule has 2 heterocycles. The van der Waals surface area contributed by atoms with E-state index in [1.54, 1.807) is 4.52 Å². The molecule has 0 spiro atoms. The third-order valence-electron chi connectivity index (χ3n) is 5.49. The topological polar surface area (TPSA) is 84.3 Å². The number of hydrogen-bond donors (Lipinski definition) is 2. The molecule has 2 N–H and O–H groups in total. The first-order valence-corrected chi connectivity index (χ1v) is 9.51. The third kappa shape index (κ3) is 3.46. The highest BCUT2D eigenvalue weighted by molar-refractivity contribution is 6.34. The highest BCUT2D eigenvalue weighted by Gasteiger charge is 2.43. The summed E-state index contributed by atoms with van der Waals surface area (Å²) in [7, 11) is 0. The van der Waals surface area contributed by atoms with Crippen molar-refractivity contribution in [2.75, 3.05) is 6.61 Å². The lowest BCUT2D eigenvalue weighted by atomic mass is 9.73. The molecule has 0 atom stereocenters. The number of benzene rings is 1. The molecule has 0 radical (unpaired) electrons. The van der Waals surface area contributed by atoms with Gasteiger partial charge in [0.1, 0.15) is 10.8 Å². The van der Waals surface area contributed by atoms with Gasteiger partial charge in [0.15, 0.2) is 18.1 Å². The van der Waals surface area contributed by atoms with Crippen LogP contribution in [0.2, 0.25) is 5.02 Å². The van der Waals surface area contributed by atoms with Crippen molar-refractivity contribution in [2.24, 2.45) is 0 Å². The number of carbonyl (C=O) groups is 1. The Bertz CT molecular complexity index is 1020. The first-order valence-electron chi connectivity index (χ1n) is 9.13. The molecule has 1 aromatic carbocycles. The molecule has 0 unspecified atom stereocenters. The van der Waals surface area contributed by atoms with Crippen LogP contribution in [-0.4, -0.2) is 37.9 Å². The van der Waals surface area contributed by atoms with Gasteiger partial charge in [0, 0.05) is 11.0 Å². The van der Waals surface area contributed by atoms with Crippen LogP contribution in [0, 0.1) is 13.8 Å². The number of carbonyl (C=O) groups excluding carboxylic acids is 1. The predicted molar refractivity (Wildman–Crippen MR) is 109 cm³/mol. The smallest absolute Gasteiger partial charge is 0.258 e. The third-order valence-corrected chi connectivity index (χ3v) is 5.95. The highest BCUT2D eigenvalue weighted by Crippen LogP contribution is 2.35. The lowest BCUT2D eigenvalue weighted by Gasteiger charge is -2.40. The molecule has 8 heteroatoms. The van der Waals surface area contributed by atoms with E-state index in [9.17, 15) is 4.79 Å². The van der Waals surface area contributed by atoms with Crippen LogP contribution in [0.25, 0.3) is 5.65 Å². The molecule has 1 amide bonds. The lowest BCUT2D eigenvalue weighted by molar-refractivity contribution is -0.125. The molecule has 0 saturated carbocycles. The van der Waals surface area contributed by atoms with E-state index >= 15 is 0 Å². The molecule has 0 fully saturated rings. The second-order valence-corrected chi connectivity index (χ2v) is 8.46. The van der Waals surface area contributed by atoms with Crippen molar-refractivity contribution in [2.45, 2.75) is 52.5 Å². The molecule has 150 valence electrons. The number of nitrogens with zero attached hydrogens (tertiary/aromatic N) is 3. The van der Waals surface area contributed by atoms with E-state index in [4.69, 9.17) is 16.3 Å². The molecule has 2 aromatic heterocycles. The molecule has 0 aliphatic carbocycles. The Morgan fingerprint density at radius 2 is 1.89 bits per heavy atom. The van der Waals surface area contributed by atoms with E-state index in [-0.39, 0.29) is 12.5 Å². The molecule has 3 aromatic rings. The normalized spacial score (nSPS) is 12.4. The Kier molecular flexibility index (Phi) is 5.14. The van der Waals surface area contributed by atoms with Crippen LogP contribution < -0.4 is 10.1 Å². The van der Waals surface area contributed by atoms with E-state index in [1.165, 1.54) is 0 Å². The van der Waals surface area contributed by atoms with Gasteiger partial charge in [-0.15, -0.1) is 10.2 Å². The predicted octanol–water partition coefficient (Wildman–Crippen LogP) is 3.58. The van der Waals surface area contributed by atoms with Crippen LogP contribution in [0.1, 0.15) is 44.8 Å². The van der Waals surface area contributed by atoms with Crippen LogP contribution >= 0.6 is 11.6 Å². The van der Waals surface area contributed by atoms with Crippen molar-refractivity contribution in [3.05, 3.63) is 46.4 Å². The Labute approximate surface area is 169 Å². The average Bonchev–Trinajstić information content (AvgIpc) is 3.14. The van der Waals surface area contributed by atoms with E-state index in [0.29, 0.717) is 22.2 Å². The number of aromatic nitrogens is 4. The van der Waals surface area contributed by atoms with Crippen molar-refractivity contribution in [1.82, 2.24) is 25.1 Å². The van der Waals surface area contributed by atoms with Crippen molar-refractivity contribution in [3.63, 3.8) is 0 Å². The average molecular weight is 404 g/mol. The van der Waals surface area contributed by atoms with Gasteiger partial charge >= 0.3 is 0 Å². The van der Waals surface area contributed by atoms with Crippen LogP contribution in [0.15, 0.2) is 24.3 Å². The summed E-state index contributed by atoms with van der Waals surface area (Å²) < 4.78 is 7.44. The second kappa shape index (κ2) is 7.13. The number of fused-ring (bicyclic) bond motifs is 1. The minimum Gasteiger partial charge on any atom is -0.484 e. The Hall–Kier alpha value is -2.54. The maximum atomic E-state index is 12.6. The summed E-state index contributed by atoms with van der Waals surface area (Å²) in [5.41, 5.74) is 1.20. The van der Waals surface area contributed by atoms with E-state index < -0.39 is 11.0 Å². The van der Waals surface area contributed by atoms with Gasteiger partial charge in [-0.25, -0.2) is 4.52 Å². The molecule has 0 saturated heterocycles. The summed E-state index contributed by atoms with van der Waals surface area (Å²) in [5, 5.41) is 15.3. The number of aryl methyl sites for hydroxylation is 2. The monoisotopic (exact) mass is 403 g/mol. The maximum absolute atomic E-state index is 12.6. The number of amides is 1. The van der Waals surface area contributed by atoms with Gasteiger partial charge in [-0.1, -0.05) is 43.6 Å². The Balaban J connectivity index is 1.77. The van der Waals surface area contributed by atoms with E-state index in [2.05, 4.69) is 20.6 Å². The fourth-order valence-corrected chi connectivity index (χ4v) is 3.17. The zero-order valence-corrected chi connectivity index (χ0v) is 17.8. The number of ether oxygens (including phenoxy) is 1. The fourth-order valence-electron chi connectivity index (χ4n) is 3.00. The summed E-state index contributed by atoms with van der Waals surface area (Å²) in [6, 6.07) is 7.61. The molecule has 28 heavy (non-hydrogen) atoms.